The van der Waals surface area contributed by atoms with Crippen molar-refractivity contribution in [2.45, 2.75) is 26.7 Å². The molecule has 0 aliphatic carbocycles. The Balaban J connectivity index is 1.84. The van der Waals surface area contributed by atoms with Crippen molar-refractivity contribution >= 4 is 0 Å². The second kappa shape index (κ2) is 8.54. The molecule has 0 radical (unpaired) electrons. The van der Waals surface area contributed by atoms with Crippen LogP contribution >= 0.6 is 0 Å². The molecule has 0 amide bonds. The summed E-state index contributed by atoms with van der Waals surface area (Å²) in [6.45, 7) is 4.69. The third-order valence-electron chi connectivity index (χ3n) is 4.09. The van der Waals surface area contributed by atoms with Gasteiger partial charge >= 0.3 is 0 Å². The maximum atomic E-state index is 6.14. The summed E-state index contributed by atoms with van der Waals surface area (Å²) in [5.41, 5.74) is 4.45. The number of aryl methyl sites for hydroxylation is 2. The molecular formula is C23H24O3. The lowest BCUT2D eigenvalue weighted by atomic mass is 10.1. The third-order valence-corrected chi connectivity index (χ3v) is 4.09. The zero-order valence-electron chi connectivity index (χ0n) is 15.4. The standard InChI is InChI=1S/C23H24O3/c1-17-4-12-21(13-5-17)25-23(26-22-14-6-18(2)7-15-22)20-10-8-19(9-11-20)16-24-3/h4-15,23H,16H2,1-3H3. The number of ether oxygens (including phenoxy) is 3. The Morgan fingerprint density at radius 1 is 0.654 bits per heavy atom. The normalized spacial score (nSPS) is 10.8. The largest absolute Gasteiger partial charge is 0.451 e. The van der Waals surface area contributed by atoms with Crippen molar-refractivity contribution in [1.82, 2.24) is 0 Å². The van der Waals surface area contributed by atoms with Gasteiger partial charge in [0.25, 0.3) is 6.29 Å². The maximum absolute atomic E-state index is 6.14. The van der Waals surface area contributed by atoms with Gasteiger partial charge in [0.05, 0.1) is 6.61 Å². The molecule has 0 saturated carbocycles. The predicted octanol–water partition coefficient (Wildman–Crippen LogP) is 5.61. The van der Waals surface area contributed by atoms with Gasteiger partial charge in [0.2, 0.25) is 0 Å². The Kier molecular flexibility index (Phi) is 5.92. The highest BCUT2D eigenvalue weighted by molar-refractivity contribution is 5.31. The molecule has 0 heterocycles. The number of rotatable bonds is 7. The van der Waals surface area contributed by atoms with Gasteiger partial charge in [-0.15, -0.1) is 0 Å². The molecule has 3 aromatic rings. The summed E-state index contributed by atoms with van der Waals surface area (Å²) < 4.78 is 17.5. The van der Waals surface area contributed by atoms with Gasteiger partial charge in [-0.2, -0.15) is 0 Å². The summed E-state index contributed by atoms with van der Waals surface area (Å²) in [5.74, 6) is 1.54. The molecule has 3 rings (SSSR count). The zero-order valence-corrected chi connectivity index (χ0v) is 15.4. The van der Waals surface area contributed by atoms with Gasteiger partial charge < -0.3 is 14.2 Å². The van der Waals surface area contributed by atoms with E-state index in [-0.39, 0.29) is 0 Å². The molecule has 134 valence electrons. The topological polar surface area (TPSA) is 27.7 Å². The van der Waals surface area contributed by atoms with Crippen LogP contribution in [0.25, 0.3) is 0 Å². The average molecular weight is 348 g/mol. The molecule has 26 heavy (non-hydrogen) atoms. The fraction of sp³-hybridized carbons (Fsp3) is 0.217. The molecular weight excluding hydrogens is 324 g/mol. The monoisotopic (exact) mass is 348 g/mol. The van der Waals surface area contributed by atoms with Crippen LogP contribution in [-0.2, 0) is 11.3 Å². The molecule has 0 unspecified atom stereocenters. The molecule has 3 nitrogen and oxygen atoms in total. The number of benzene rings is 3. The molecule has 0 spiro atoms. The minimum absolute atomic E-state index is 0.531. The SMILES string of the molecule is COCc1ccc(C(Oc2ccc(C)cc2)Oc2ccc(C)cc2)cc1. The van der Waals surface area contributed by atoms with Gasteiger partial charge in [-0.05, 0) is 43.7 Å². The van der Waals surface area contributed by atoms with Crippen LogP contribution in [-0.4, -0.2) is 7.11 Å². The van der Waals surface area contributed by atoms with Crippen molar-refractivity contribution in [1.29, 1.82) is 0 Å². The average Bonchev–Trinajstić information content (AvgIpc) is 2.66. The van der Waals surface area contributed by atoms with E-state index in [4.69, 9.17) is 14.2 Å². The lowest BCUT2D eigenvalue weighted by Gasteiger charge is -2.21. The van der Waals surface area contributed by atoms with Crippen LogP contribution in [0, 0.1) is 13.8 Å². The first-order valence-electron chi connectivity index (χ1n) is 8.68. The van der Waals surface area contributed by atoms with E-state index in [9.17, 15) is 0 Å². The third kappa shape index (κ3) is 4.87. The molecule has 3 aromatic carbocycles. The minimum atomic E-state index is -0.531. The van der Waals surface area contributed by atoms with Crippen LogP contribution in [0.2, 0.25) is 0 Å². The summed E-state index contributed by atoms with van der Waals surface area (Å²) >= 11 is 0. The second-order valence-corrected chi connectivity index (χ2v) is 6.37. The van der Waals surface area contributed by atoms with Crippen molar-refractivity contribution in [2.75, 3.05) is 7.11 Å². The van der Waals surface area contributed by atoms with Gasteiger partial charge in [-0.3, -0.25) is 0 Å². The summed E-state index contributed by atoms with van der Waals surface area (Å²) in [7, 11) is 1.69. The predicted molar refractivity (Wildman–Crippen MR) is 104 cm³/mol. The van der Waals surface area contributed by atoms with Crippen LogP contribution in [0.5, 0.6) is 11.5 Å². The Bertz CT molecular complexity index is 758. The summed E-state index contributed by atoms with van der Waals surface area (Å²) in [5, 5.41) is 0. The first-order chi connectivity index (χ1) is 12.6. The van der Waals surface area contributed by atoms with E-state index >= 15 is 0 Å². The maximum Gasteiger partial charge on any atom is 0.267 e. The van der Waals surface area contributed by atoms with Gasteiger partial charge in [0, 0.05) is 12.7 Å². The van der Waals surface area contributed by atoms with Crippen molar-refractivity contribution in [3.63, 3.8) is 0 Å². The van der Waals surface area contributed by atoms with Gasteiger partial charge in [0.15, 0.2) is 0 Å². The highest BCUT2D eigenvalue weighted by Gasteiger charge is 2.16. The molecule has 0 N–H and O–H groups in total. The Labute approximate surface area is 155 Å². The molecule has 0 atom stereocenters. The summed E-state index contributed by atoms with van der Waals surface area (Å²) in [4.78, 5) is 0. The Morgan fingerprint density at radius 2 is 1.12 bits per heavy atom. The van der Waals surface area contributed by atoms with Gasteiger partial charge in [0.1, 0.15) is 11.5 Å². The van der Waals surface area contributed by atoms with Crippen molar-refractivity contribution in [3.8, 4) is 11.5 Å². The zero-order chi connectivity index (χ0) is 18.4. The van der Waals surface area contributed by atoms with E-state index in [0.29, 0.717) is 6.61 Å². The van der Waals surface area contributed by atoms with Gasteiger partial charge in [-0.25, -0.2) is 0 Å². The lowest BCUT2D eigenvalue weighted by Crippen LogP contribution is -2.15. The van der Waals surface area contributed by atoms with E-state index in [1.54, 1.807) is 7.11 Å². The van der Waals surface area contributed by atoms with Crippen molar-refractivity contribution in [3.05, 3.63) is 95.1 Å². The van der Waals surface area contributed by atoms with Crippen LogP contribution in [0.15, 0.2) is 72.8 Å². The first kappa shape index (κ1) is 18.0. The van der Waals surface area contributed by atoms with Gasteiger partial charge in [-0.1, -0.05) is 59.7 Å². The fourth-order valence-corrected chi connectivity index (χ4v) is 2.58. The fourth-order valence-electron chi connectivity index (χ4n) is 2.58. The molecule has 3 heteroatoms. The molecule has 0 aliphatic rings. The molecule has 0 bridgehead atoms. The van der Waals surface area contributed by atoms with Crippen LogP contribution in [0.1, 0.15) is 28.5 Å². The van der Waals surface area contributed by atoms with E-state index in [1.165, 1.54) is 11.1 Å². The molecule has 0 fully saturated rings. The highest BCUT2D eigenvalue weighted by atomic mass is 16.7. The molecule has 0 saturated heterocycles. The summed E-state index contributed by atoms with van der Waals surface area (Å²) in [6.07, 6.45) is -0.531. The van der Waals surface area contributed by atoms with E-state index < -0.39 is 6.29 Å². The van der Waals surface area contributed by atoms with E-state index in [0.717, 1.165) is 22.6 Å². The first-order valence-corrected chi connectivity index (χ1v) is 8.68. The molecule has 0 aliphatic heterocycles. The van der Waals surface area contributed by atoms with Crippen LogP contribution < -0.4 is 9.47 Å². The quantitative estimate of drug-likeness (QED) is 0.520. The van der Waals surface area contributed by atoms with Crippen molar-refractivity contribution in [2.24, 2.45) is 0 Å². The minimum Gasteiger partial charge on any atom is -0.451 e. The van der Waals surface area contributed by atoms with Crippen LogP contribution in [0.3, 0.4) is 0 Å². The van der Waals surface area contributed by atoms with E-state index in [1.807, 2.05) is 72.8 Å². The Hall–Kier alpha value is -2.78. The number of methoxy groups -OCH3 is 1. The smallest absolute Gasteiger partial charge is 0.267 e. The lowest BCUT2D eigenvalue weighted by molar-refractivity contribution is 0.00376. The second-order valence-electron chi connectivity index (χ2n) is 6.37. The number of hydrogen-bond acceptors (Lipinski definition) is 3. The Morgan fingerprint density at radius 3 is 1.54 bits per heavy atom. The van der Waals surface area contributed by atoms with Crippen molar-refractivity contribution < 1.29 is 14.2 Å². The number of hydrogen-bond donors (Lipinski definition) is 0. The van der Waals surface area contributed by atoms with E-state index in [2.05, 4.69) is 13.8 Å². The molecule has 0 aromatic heterocycles. The van der Waals surface area contributed by atoms with Crippen LogP contribution in [0.4, 0.5) is 0 Å². The summed E-state index contributed by atoms with van der Waals surface area (Å²) in [6, 6.07) is 24.0. The highest BCUT2D eigenvalue weighted by Crippen LogP contribution is 2.26.